The number of morpholine rings is 1. The number of likely N-dealkylation sites (tertiary alicyclic amines) is 1. The van der Waals surface area contributed by atoms with Crippen molar-refractivity contribution in [3.8, 4) is 0 Å². The van der Waals surface area contributed by atoms with Crippen molar-refractivity contribution in [1.82, 2.24) is 14.8 Å². The van der Waals surface area contributed by atoms with Crippen molar-refractivity contribution < 1.29 is 9.53 Å². The number of carbonyl (C=O) groups excluding carboxylic acids is 1. The molecule has 1 saturated carbocycles. The Balaban J connectivity index is 1.43. The number of carbonyl (C=O) groups is 1. The summed E-state index contributed by atoms with van der Waals surface area (Å²) in [4.78, 5) is 21.7. The number of pyridine rings is 1. The zero-order valence-corrected chi connectivity index (χ0v) is 14.3. The summed E-state index contributed by atoms with van der Waals surface area (Å²) in [5, 5.41) is 0. The Labute approximate surface area is 144 Å². The van der Waals surface area contributed by atoms with E-state index < -0.39 is 0 Å². The van der Waals surface area contributed by atoms with Gasteiger partial charge in [-0.25, -0.2) is 0 Å². The molecule has 130 valence electrons. The molecular weight excluding hydrogens is 302 g/mol. The van der Waals surface area contributed by atoms with Crippen LogP contribution in [0.2, 0.25) is 0 Å². The van der Waals surface area contributed by atoms with Crippen LogP contribution in [0.1, 0.15) is 31.2 Å². The van der Waals surface area contributed by atoms with Crippen LogP contribution in [0.5, 0.6) is 0 Å². The van der Waals surface area contributed by atoms with E-state index in [2.05, 4.69) is 22.0 Å². The molecule has 1 aromatic heterocycles. The average molecular weight is 329 g/mol. The van der Waals surface area contributed by atoms with Crippen LogP contribution in [0.25, 0.3) is 0 Å². The van der Waals surface area contributed by atoms with E-state index in [-0.39, 0.29) is 11.3 Å². The molecular formula is C19H27N3O2. The molecule has 1 aromatic rings. The van der Waals surface area contributed by atoms with Gasteiger partial charge in [-0.1, -0.05) is 6.42 Å². The van der Waals surface area contributed by atoms with E-state index in [1.807, 2.05) is 17.3 Å². The largest absolute Gasteiger partial charge is 0.378 e. The number of hydrogen-bond donors (Lipinski definition) is 0. The van der Waals surface area contributed by atoms with Gasteiger partial charge in [0.2, 0.25) is 5.91 Å². The molecule has 1 amide bonds. The minimum atomic E-state index is 0.211. The number of aromatic nitrogens is 1. The molecule has 0 aromatic carbocycles. The lowest BCUT2D eigenvalue weighted by Crippen LogP contribution is -2.47. The average Bonchev–Trinajstić information content (AvgIpc) is 3.23. The van der Waals surface area contributed by atoms with Crippen molar-refractivity contribution in [2.45, 2.75) is 32.2 Å². The Hall–Kier alpha value is -1.46. The fourth-order valence-electron chi connectivity index (χ4n) is 4.88. The third-order valence-electron chi connectivity index (χ3n) is 6.15. The van der Waals surface area contributed by atoms with E-state index in [9.17, 15) is 4.79 Å². The minimum absolute atomic E-state index is 0.211. The molecule has 3 fully saturated rings. The van der Waals surface area contributed by atoms with Gasteiger partial charge in [-0.15, -0.1) is 0 Å². The van der Waals surface area contributed by atoms with Crippen molar-refractivity contribution in [2.24, 2.45) is 11.3 Å². The molecule has 2 atom stereocenters. The second kappa shape index (κ2) is 6.81. The summed E-state index contributed by atoms with van der Waals surface area (Å²) in [5.41, 5.74) is 1.53. The quantitative estimate of drug-likeness (QED) is 0.850. The van der Waals surface area contributed by atoms with Gasteiger partial charge in [-0.3, -0.25) is 14.7 Å². The second-order valence-electron chi connectivity index (χ2n) is 7.56. The Morgan fingerprint density at radius 2 is 2.00 bits per heavy atom. The number of amides is 1. The fraction of sp³-hybridized carbons (Fsp3) is 0.684. The molecule has 0 N–H and O–H groups in total. The predicted octanol–water partition coefficient (Wildman–Crippen LogP) is 1.93. The molecule has 1 spiro atoms. The summed E-state index contributed by atoms with van der Waals surface area (Å²) in [7, 11) is 0. The van der Waals surface area contributed by atoms with Crippen molar-refractivity contribution in [3.05, 3.63) is 30.1 Å². The fourth-order valence-corrected chi connectivity index (χ4v) is 4.88. The Morgan fingerprint density at radius 1 is 1.21 bits per heavy atom. The molecule has 2 unspecified atom stereocenters. The zero-order chi connectivity index (χ0) is 16.4. The summed E-state index contributed by atoms with van der Waals surface area (Å²) < 4.78 is 5.41. The molecule has 5 nitrogen and oxygen atoms in total. The van der Waals surface area contributed by atoms with Crippen molar-refractivity contribution in [3.63, 3.8) is 0 Å². The first kappa shape index (κ1) is 16.0. The molecule has 24 heavy (non-hydrogen) atoms. The van der Waals surface area contributed by atoms with Crippen LogP contribution in [0.4, 0.5) is 0 Å². The summed E-state index contributed by atoms with van der Waals surface area (Å²) >= 11 is 0. The topological polar surface area (TPSA) is 45.7 Å². The lowest BCUT2D eigenvalue weighted by molar-refractivity contribution is -0.143. The van der Waals surface area contributed by atoms with Crippen molar-refractivity contribution >= 4 is 5.91 Å². The van der Waals surface area contributed by atoms with Gasteiger partial charge in [0.05, 0.1) is 13.2 Å². The highest BCUT2D eigenvalue weighted by Gasteiger charge is 2.51. The third kappa shape index (κ3) is 3.07. The molecule has 3 aliphatic rings. The minimum Gasteiger partial charge on any atom is -0.378 e. The van der Waals surface area contributed by atoms with E-state index in [4.69, 9.17) is 4.74 Å². The number of ether oxygens (including phenoxy) is 1. The van der Waals surface area contributed by atoms with E-state index in [1.165, 1.54) is 24.8 Å². The smallest absolute Gasteiger partial charge is 0.226 e. The maximum atomic E-state index is 13.1. The maximum absolute atomic E-state index is 13.1. The van der Waals surface area contributed by atoms with E-state index in [1.54, 1.807) is 0 Å². The Morgan fingerprint density at radius 3 is 2.79 bits per heavy atom. The highest BCUT2D eigenvalue weighted by Crippen LogP contribution is 2.50. The van der Waals surface area contributed by atoms with Crippen LogP contribution in [0.3, 0.4) is 0 Å². The number of nitrogens with zero attached hydrogens (tertiary/aromatic N) is 3. The molecule has 5 heteroatoms. The monoisotopic (exact) mass is 329 g/mol. The molecule has 0 bridgehead atoms. The predicted molar refractivity (Wildman–Crippen MR) is 91.3 cm³/mol. The van der Waals surface area contributed by atoms with E-state index >= 15 is 0 Å². The highest BCUT2D eigenvalue weighted by molar-refractivity contribution is 5.80. The van der Waals surface area contributed by atoms with Crippen LogP contribution in [0, 0.1) is 11.3 Å². The standard InChI is InChI=1S/C19H27N3O2/c23-18(22-10-12-24-13-11-22)17-2-1-5-19(17)6-9-21(15-19)14-16-3-7-20-8-4-16/h3-4,7-8,17H,1-2,5-6,9-15H2. The zero-order valence-electron chi connectivity index (χ0n) is 14.3. The summed E-state index contributed by atoms with van der Waals surface area (Å²) in [5.74, 6) is 0.611. The van der Waals surface area contributed by atoms with Gasteiger partial charge >= 0.3 is 0 Å². The van der Waals surface area contributed by atoms with Crippen LogP contribution in [0.15, 0.2) is 24.5 Å². The molecule has 2 saturated heterocycles. The van der Waals surface area contributed by atoms with Gasteiger partial charge in [-0.2, -0.15) is 0 Å². The van der Waals surface area contributed by atoms with Crippen LogP contribution < -0.4 is 0 Å². The third-order valence-corrected chi connectivity index (χ3v) is 6.15. The van der Waals surface area contributed by atoms with E-state index in [0.717, 1.165) is 39.1 Å². The first-order chi connectivity index (χ1) is 11.8. The summed E-state index contributed by atoms with van der Waals surface area (Å²) in [6.07, 6.45) is 8.37. The lowest BCUT2D eigenvalue weighted by atomic mass is 9.76. The van der Waals surface area contributed by atoms with Gasteiger partial charge in [0, 0.05) is 44.5 Å². The molecule has 3 heterocycles. The van der Waals surface area contributed by atoms with Crippen LogP contribution >= 0.6 is 0 Å². The molecule has 0 radical (unpaired) electrons. The number of rotatable bonds is 3. The summed E-state index contributed by atoms with van der Waals surface area (Å²) in [6.45, 7) is 6.07. The van der Waals surface area contributed by atoms with E-state index in [0.29, 0.717) is 19.1 Å². The first-order valence-corrected chi connectivity index (χ1v) is 9.25. The lowest BCUT2D eigenvalue weighted by Gasteiger charge is -2.36. The highest BCUT2D eigenvalue weighted by atomic mass is 16.5. The molecule has 1 aliphatic carbocycles. The van der Waals surface area contributed by atoms with Crippen LogP contribution in [-0.4, -0.2) is 60.1 Å². The Kier molecular flexibility index (Phi) is 4.55. The first-order valence-electron chi connectivity index (χ1n) is 9.25. The van der Waals surface area contributed by atoms with Crippen molar-refractivity contribution in [1.29, 1.82) is 0 Å². The normalized spacial score (nSPS) is 31.0. The van der Waals surface area contributed by atoms with Gasteiger partial charge in [0.25, 0.3) is 0 Å². The van der Waals surface area contributed by atoms with Crippen molar-refractivity contribution in [2.75, 3.05) is 39.4 Å². The second-order valence-corrected chi connectivity index (χ2v) is 7.56. The van der Waals surface area contributed by atoms with Gasteiger partial charge in [0.1, 0.15) is 0 Å². The maximum Gasteiger partial charge on any atom is 0.226 e. The molecule has 4 rings (SSSR count). The number of hydrogen-bond acceptors (Lipinski definition) is 4. The van der Waals surface area contributed by atoms with Gasteiger partial charge in [0.15, 0.2) is 0 Å². The molecule has 2 aliphatic heterocycles. The summed E-state index contributed by atoms with van der Waals surface area (Å²) in [6, 6.07) is 4.19. The Bertz CT molecular complexity index is 573. The SMILES string of the molecule is O=C(C1CCCC12CCN(Cc1ccncc1)C2)N1CCOCC1. The van der Waals surface area contributed by atoms with Gasteiger partial charge in [-0.05, 0) is 48.9 Å². The van der Waals surface area contributed by atoms with Gasteiger partial charge < -0.3 is 9.64 Å². The van der Waals surface area contributed by atoms with Crippen LogP contribution in [-0.2, 0) is 16.1 Å².